The summed E-state index contributed by atoms with van der Waals surface area (Å²) in [5.74, 6) is 0. The van der Waals surface area contributed by atoms with Crippen LogP contribution in [0.2, 0.25) is 0 Å². The molecule has 0 unspecified atom stereocenters. The molecule has 1 aromatic heterocycles. The van der Waals surface area contributed by atoms with Crippen LogP contribution in [0.15, 0.2) is 12.3 Å². The van der Waals surface area contributed by atoms with Crippen molar-refractivity contribution in [2.75, 3.05) is 20.2 Å². The summed E-state index contributed by atoms with van der Waals surface area (Å²) in [5.41, 5.74) is 2.50. The van der Waals surface area contributed by atoms with Crippen LogP contribution in [-0.4, -0.2) is 35.2 Å². The quantitative estimate of drug-likeness (QED) is 0.800. The minimum atomic E-state index is 0.141. The van der Waals surface area contributed by atoms with E-state index in [0.29, 0.717) is 18.7 Å². The average molecular weight is 219 g/mol. The van der Waals surface area contributed by atoms with Crippen LogP contribution in [0.4, 0.5) is 0 Å². The van der Waals surface area contributed by atoms with E-state index in [1.165, 1.54) is 0 Å². The lowest BCUT2D eigenvalue weighted by molar-refractivity contribution is 0.217. The molecule has 1 rings (SSSR count). The van der Waals surface area contributed by atoms with Gasteiger partial charge in [-0.05, 0) is 25.1 Å². The molecule has 4 heteroatoms. The predicted octanol–water partition coefficient (Wildman–Crippen LogP) is 0.940. The van der Waals surface area contributed by atoms with Gasteiger partial charge < -0.3 is 5.11 Å². The first kappa shape index (κ1) is 12.6. The van der Waals surface area contributed by atoms with Gasteiger partial charge in [0, 0.05) is 19.3 Å². The Morgan fingerprint density at radius 1 is 1.56 bits per heavy atom. The molecule has 0 aromatic carbocycles. The van der Waals surface area contributed by atoms with E-state index < -0.39 is 0 Å². The molecule has 0 aliphatic heterocycles. The first-order valence-corrected chi connectivity index (χ1v) is 5.38. The Morgan fingerprint density at radius 3 is 2.88 bits per heavy atom. The number of likely N-dealkylation sites (N-methyl/N-ethyl adjacent to an activating group) is 1. The predicted molar refractivity (Wildman–Crippen MR) is 61.7 cm³/mol. The van der Waals surface area contributed by atoms with E-state index in [2.05, 4.69) is 11.1 Å². The standard InChI is InChI=1S/C12H17N3O/c1-3-12-11(7-13)6-10(8-14-12)9-15(2)4-5-16/h6,8,16H,3-5,9H2,1-2H3. The van der Waals surface area contributed by atoms with Crippen molar-refractivity contribution in [1.29, 1.82) is 5.26 Å². The first-order valence-electron chi connectivity index (χ1n) is 5.38. The Labute approximate surface area is 96.2 Å². The molecule has 0 spiro atoms. The van der Waals surface area contributed by atoms with Gasteiger partial charge in [-0.1, -0.05) is 6.92 Å². The van der Waals surface area contributed by atoms with E-state index >= 15 is 0 Å². The monoisotopic (exact) mass is 219 g/mol. The van der Waals surface area contributed by atoms with E-state index in [0.717, 1.165) is 17.7 Å². The van der Waals surface area contributed by atoms with Crippen molar-refractivity contribution in [3.05, 3.63) is 29.1 Å². The third-order valence-electron chi connectivity index (χ3n) is 2.42. The fourth-order valence-electron chi connectivity index (χ4n) is 1.56. The highest BCUT2D eigenvalue weighted by molar-refractivity contribution is 5.35. The van der Waals surface area contributed by atoms with E-state index in [9.17, 15) is 0 Å². The summed E-state index contributed by atoms with van der Waals surface area (Å²) in [7, 11) is 1.93. The molecule has 1 aromatic rings. The summed E-state index contributed by atoms with van der Waals surface area (Å²) in [5, 5.41) is 17.8. The Bertz CT molecular complexity index is 384. The number of pyridine rings is 1. The fraction of sp³-hybridized carbons (Fsp3) is 0.500. The van der Waals surface area contributed by atoms with Gasteiger partial charge in [-0.15, -0.1) is 0 Å². The number of aryl methyl sites for hydroxylation is 1. The van der Waals surface area contributed by atoms with Gasteiger partial charge in [0.1, 0.15) is 6.07 Å². The van der Waals surface area contributed by atoms with E-state index in [1.54, 1.807) is 6.20 Å². The number of nitrogens with zero attached hydrogens (tertiary/aromatic N) is 3. The largest absolute Gasteiger partial charge is 0.395 e. The normalized spacial score (nSPS) is 10.4. The van der Waals surface area contributed by atoms with E-state index in [-0.39, 0.29) is 6.61 Å². The van der Waals surface area contributed by atoms with Crippen molar-refractivity contribution < 1.29 is 5.11 Å². The van der Waals surface area contributed by atoms with Gasteiger partial charge in [-0.3, -0.25) is 9.88 Å². The highest BCUT2D eigenvalue weighted by atomic mass is 16.3. The number of hydrogen-bond acceptors (Lipinski definition) is 4. The van der Waals surface area contributed by atoms with Gasteiger partial charge in [-0.2, -0.15) is 5.26 Å². The number of aliphatic hydroxyl groups excluding tert-OH is 1. The molecule has 0 aliphatic carbocycles. The lowest BCUT2D eigenvalue weighted by Crippen LogP contribution is -2.21. The van der Waals surface area contributed by atoms with E-state index in [1.807, 2.05) is 24.9 Å². The molecule has 16 heavy (non-hydrogen) atoms. The maximum Gasteiger partial charge on any atom is 0.101 e. The van der Waals surface area contributed by atoms with Crippen molar-refractivity contribution in [1.82, 2.24) is 9.88 Å². The average Bonchev–Trinajstić information content (AvgIpc) is 2.29. The third kappa shape index (κ3) is 3.30. The molecule has 0 atom stereocenters. The molecule has 0 bridgehead atoms. The molecule has 1 heterocycles. The maximum atomic E-state index is 8.97. The molecule has 1 N–H and O–H groups in total. The number of aliphatic hydroxyl groups is 1. The Kier molecular flexibility index (Phi) is 4.90. The SMILES string of the molecule is CCc1ncc(CN(C)CCO)cc1C#N. The van der Waals surface area contributed by atoms with Crippen molar-refractivity contribution in [2.24, 2.45) is 0 Å². The van der Waals surface area contributed by atoms with Crippen LogP contribution in [-0.2, 0) is 13.0 Å². The van der Waals surface area contributed by atoms with Crippen molar-refractivity contribution in [3.8, 4) is 6.07 Å². The zero-order valence-corrected chi connectivity index (χ0v) is 9.77. The van der Waals surface area contributed by atoms with Gasteiger partial charge in [-0.25, -0.2) is 0 Å². The highest BCUT2D eigenvalue weighted by Crippen LogP contribution is 2.10. The van der Waals surface area contributed by atoms with Gasteiger partial charge in [0.25, 0.3) is 0 Å². The van der Waals surface area contributed by atoms with Crippen molar-refractivity contribution in [3.63, 3.8) is 0 Å². The number of aromatic nitrogens is 1. The highest BCUT2D eigenvalue weighted by Gasteiger charge is 2.05. The Hall–Kier alpha value is -1.44. The summed E-state index contributed by atoms with van der Waals surface area (Å²) >= 11 is 0. The number of hydrogen-bond donors (Lipinski definition) is 1. The van der Waals surface area contributed by atoms with Crippen LogP contribution >= 0.6 is 0 Å². The van der Waals surface area contributed by atoms with Crippen LogP contribution in [0, 0.1) is 11.3 Å². The van der Waals surface area contributed by atoms with Crippen LogP contribution in [0.5, 0.6) is 0 Å². The zero-order chi connectivity index (χ0) is 12.0. The molecule has 0 fully saturated rings. The molecule has 86 valence electrons. The summed E-state index contributed by atoms with van der Waals surface area (Å²) in [4.78, 5) is 6.26. The van der Waals surface area contributed by atoms with Crippen molar-refractivity contribution in [2.45, 2.75) is 19.9 Å². The summed E-state index contributed by atoms with van der Waals surface area (Å²) in [6, 6.07) is 4.04. The molecule has 0 saturated carbocycles. The minimum Gasteiger partial charge on any atom is -0.395 e. The first-order chi connectivity index (χ1) is 7.71. The lowest BCUT2D eigenvalue weighted by atomic mass is 10.1. The summed E-state index contributed by atoms with van der Waals surface area (Å²) < 4.78 is 0. The fourth-order valence-corrected chi connectivity index (χ4v) is 1.56. The number of nitriles is 1. The zero-order valence-electron chi connectivity index (χ0n) is 9.77. The molecular formula is C12H17N3O. The second-order valence-corrected chi connectivity index (χ2v) is 3.76. The van der Waals surface area contributed by atoms with Crippen LogP contribution in [0.3, 0.4) is 0 Å². The topological polar surface area (TPSA) is 60.1 Å². The van der Waals surface area contributed by atoms with Gasteiger partial charge in [0.2, 0.25) is 0 Å². The molecule has 0 aliphatic rings. The molecule has 0 radical (unpaired) electrons. The van der Waals surface area contributed by atoms with Crippen LogP contribution in [0.25, 0.3) is 0 Å². The molecule has 0 saturated heterocycles. The lowest BCUT2D eigenvalue weighted by Gasteiger charge is -2.15. The maximum absolute atomic E-state index is 8.97. The smallest absolute Gasteiger partial charge is 0.101 e. The van der Waals surface area contributed by atoms with Gasteiger partial charge in [0.05, 0.1) is 17.9 Å². The molecule has 4 nitrogen and oxygen atoms in total. The minimum absolute atomic E-state index is 0.141. The number of rotatable bonds is 5. The summed E-state index contributed by atoms with van der Waals surface area (Å²) in [6.07, 6.45) is 2.57. The molecular weight excluding hydrogens is 202 g/mol. The van der Waals surface area contributed by atoms with Gasteiger partial charge in [0.15, 0.2) is 0 Å². The van der Waals surface area contributed by atoms with Crippen LogP contribution < -0.4 is 0 Å². The third-order valence-corrected chi connectivity index (χ3v) is 2.42. The van der Waals surface area contributed by atoms with Gasteiger partial charge >= 0.3 is 0 Å². The second-order valence-electron chi connectivity index (χ2n) is 3.76. The Morgan fingerprint density at radius 2 is 2.31 bits per heavy atom. The van der Waals surface area contributed by atoms with E-state index in [4.69, 9.17) is 10.4 Å². The summed E-state index contributed by atoms with van der Waals surface area (Å²) in [6.45, 7) is 3.45. The molecule has 0 amide bonds. The van der Waals surface area contributed by atoms with Crippen LogP contribution in [0.1, 0.15) is 23.7 Å². The van der Waals surface area contributed by atoms with Crippen molar-refractivity contribution >= 4 is 0 Å². The second kappa shape index (κ2) is 6.21. The Balaban J connectivity index is 2.80.